The molecular weight excluding hydrogens is 225 g/mol. The first-order valence-corrected chi connectivity index (χ1v) is 6.38. The van der Waals surface area contributed by atoms with Crippen LogP contribution >= 0.6 is 0 Å². The number of rotatable bonds is 1. The zero-order valence-electron chi connectivity index (χ0n) is 10.5. The molecule has 0 atom stereocenters. The molecule has 0 amide bonds. The summed E-state index contributed by atoms with van der Waals surface area (Å²) in [5.74, 6) is -0.131. The Balaban J connectivity index is 2.13. The van der Waals surface area contributed by atoms with Crippen molar-refractivity contribution in [2.45, 2.75) is 19.8 Å². The normalized spacial score (nSPS) is 13.9. The summed E-state index contributed by atoms with van der Waals surface area (Å²) in [6, 6.07) is 11.7. The van der Waals surface area contributed by atoms with Gasteiger partial charge in [-0.3, -0.25) is 0 Å². The predicted octanol–water partition coefficient (Wildman–Crippen LogP) is 4.16. The molecule has 1 nitrogen and oxygen atoms in total. The smallest absolute Gasteiger partial charge is 0.126 e. The van der Waals surface area contributed by atoms with Crippen LogP contribution in [0.15, 0.2) is 36.4 Å². The molecule has 0 saturated heterocycles. The predicted molar refractivity (Wildman–Crippen MR) is 73.4 cm³/mol. The zero-order valence-corrected chi connectivity index (χ0v) is 10.5. The second-order valence-electron chi connectivity index (χ2n) is 4.83. The monoisotopic (exact) mass is 241 g/mol. The Morgan fingerprint density at radius 1 is 1.17 bits per heavy atom. The number of benzene rings is 2. The number of hydrogen-bond acceptors (Lipinski definition) is 1. The second-order valence-corrected chi connectivity index (χ2v) is 4.83. The molecule has 0 aliphatic carbocycles. The van der Waals surface area contributed by atoms with Crippen LogP contribution in [-0.2, 0) is 6.42 Å². The van der Waals surface area contributed by atoms with Crippen molar-refractivity contribution in [3.05, 3.63) is 53.3 Å². The van der Waals surface area contributed by atoms with Crippen LogP contribution in [0.2, 0.25) is 0 Å². The van der Waals surface area contributed by atoms with E-state index in [2.05, 4.69) is 17.4 Å². The van der Waals surface area contributed by atoms with Crippen LogP contribution in [0.25, 0.3) is 11.1 Å². The van der Waals surface area contributed by atoms with E-state index in [9.17, 15) is 4.39 Å². The molecule has 0 unspecified atom stereocenters. The lowest BCUT2D eigenvalue weighted by Crippen LogP contribution is -2.12. The number of fused-ring (bicyclic) bond motifs is 1. The highest BCUT2D eigenvalue weighted by Gasteiger charge is 2.14. The first-order valence-electron chi connectivity index (χ1n) is 6.38. The number of halogens is 1. The van der Waals surface area contributed by atoms with Crippen molar-refractivity contribution in [3.63, 3.8) is 0 Å². The van der Waals surface area contributed by atoms with Crippen molar-refractivity contribution in [3.8, 4) is 11.1 Å². The third-order valence-corrected chi connectivity index (χ3v) is 3.58. The summed E-state index contributed by atoms with van der Waals surface area (Å²) in [5, 5.41) is 3.41. The number of anilines is 1. The van der Waals surface area contributed by atoms with Gasteiger partial charge in [-0.25, -0.2) is 4.39 Å². The molecule has 1 aliphatic heterocycles. The summed E-state index contributed by atoms with van der Waals surface area (Å²) < 4.78 is 13.7. The maximum absolute atomic E-state index is 13.7. The Hall–Kier alpha value is -1.83. The van der Waals surface area contributed by atoms with Crippen molar-refractivity contribution in [2.75, 3.05) is 11.9 Å². The molecule has 2 aromatic carbocycles. The highest BCUT2D eigenvalue weighted by atomic mass is 19.1. The minimum Gasteiger partial charge on any atom is -0.385 e. The Morgan fingerprint density at radius 2 is 2.06 bits per heavy atom. The van der Waals surface area contributed by atoms with Gasteiger partial charge in [-0.05, 0) is 54.2 Å². The summed E-state index contributed by atoms with van der Waals surface area (Å²) in [7, 11) is 0. The first-order chi connectivity index (χ1) is 8.75. The van der Waals surface area contributed by atoms with E-state index in [1.165, 1.54) is 11.3 Å². The van der Waals surface area contributed by atoms with Crippen LogP contribution in [0.1, 0.15) is 17.5 Å². The van der Waals surface area contributed by atoms with Crippen LogP contribution in [0.5, 0.6) is 0 Å². The lowest BCUT2D eigenvalue weighted by Gasteiger charge is -2.21. The van der Waals surface area contributed by atoms with Gasteiger partial charge in [0.25, 0.3) is 0 Å². The average molecular weight is 241 g/mol. The molecule has 2 aromatic rings. The summed E-state index contributed by atoms with van der Waals surface area (Å²) >= 11 is 0. The second kappa shape index (κ2) is 4.45. The third-order valence-electron chi connectivity index (χ3n) is 3.58. The van der Waals surface area contributed by atoms with E-state index in [4.69, 9.17) is 0 Å². The van der Waals surface area contributed by atoms with Crippen molar-refractivity contribution in [1.82, 2.24) is 0 Å². The van der Waals surface area contributed by atoms with Crippen molar-refractivity contribution < 1.29 is 4.39 Å². The fraction of sp³-hybridized carbons (Fsp3) is 0.250. The molecule has 1 aliphatic rings. The highest BCUT2D eigenvalue weighted by Crippen LogP contribution is 2.33. The summed E-state index contributed by atoms with van der Waals surface area (Å²) in [5.41, 5.74) is 5.32. The summed E-state index contributed by atoms with van der Waals surface area (Å²) in [4.78, 5) is 0. The number of hydrogen-bond donors (Lipinski definition) is 1. The SMILES string of the molecule is Cc1ccc(-c2cccc3c2CCCN3)cc1F. The van der Waals surface area contributed by atoms with Gasteiger partial charge >= 0.3 is 0 Å². The van der Waals surface area contributed by atoms with E-state index in [0.29, 0.717) is 5.56 Å². The maximum atomic E-state index is 13.7. The van der Waals surface area contributed by atoms with E-state index >= 15 is 0 Å². The van der Waals surface area contributed by atoms with Crippen LogP contribution in [0.3, 0.4) is 0 Å². The van der Waals surface area contributed by atoms with Gasteiger partial charge in [0, 0.05) is 12.2 Å². The van der Waals surface area contributed by atoms with Crippen molar-refractivity contribution in [2.24, 2.45) is 0 Å². The molecule has 18 heavy (non-hydrogen) atoms. The fourth-order valence-corrected chi connectivity index (χ4v) is 2.54. The molecule has 1 N–H and O–H groups in total. The average Bonchev–Trinajstić information content (AvgIpc) is 2.41. The molecule has 0 aromatic heterocycles. The van der Waals surface area contributed by atoms with E-state index in [1.807, 2.05) is 18.2 Å². The van der Waals surface area contributed by atoms with Gasteiger partial charge < -0.3 is 5.32 Å². The van der Waals surface area contributed by atoms with Crippen LogP contribution in [0, 0.1) is 12.7 Å². The van der Waals surface area contributed by atoms with Crippen LogP contribution in [-0.4, -0.2) is 6.54 Å². The molecule has 0 spiro atoms. The molecule has 2 heteroatoms. The summed E-state index contributed by atoms with van der Waals surface area (Å²) in [6.07, 6.45) is 2.20. The third kappa shape index (κ3) is 1.88. The molecule has 92 valence electrons. The molecule has 0 bridgehead atoms. The van der Waals surface area contributed by atoms with Crippen molar-refractivity contribution in [1.29, 1.82) is 0 Å². The van der Waals surface area contributed by atoms with Gasteiger partial charge in [0.15, 0.2) is 0 Å². The van der Waals surface area contributed by atoms with Gasteiger partial charge in [0.1, 0.15) is 5.82 Å². The van der Waals surface area contributed by atoms with Gasteiger partial charge in [-0.15, -0.1) is 0 Å². The molecule has 3 rings (SSSR count). The Labute approximate surface area is 107 Å². The van der Waals surface area contributed by atoms with Gasteiger partial charge in [-0.1, -0.05) is 24.3 Å². The first kappa shape index (κ1) is 11.3. The van der Waals surface area contributed by atoms with Gasteiger partial charge in [-0.2, -0.15) is 0 Å². The zero-order chi connectivity index (χ0) is 12.5. The minimum atomic E-state index is -0.131. The highest BCUT2D eigenvalue weighted by molar-refractivity contribution is 5.75. The number of nitrogens with one attached hydrogen (secondary N) is 1. The number of aryl methyl sites for hydroxylation is 1. The Kier molecular flexibility index (Phi) is 2.78. The van der Waals surface area contributed by atoms with Crippen LogP contribution in [0.4, 0.5) is 10.1 Å². The molecular formula is C16H16FN. The largest absolute Gasteiger partial charge is 0.385 e. The maximum Gasteiger partial charge on any atom is 0.126 e. The molecule has 1 heterocycles. The lowest BCUT2D eigenvalue weighted by atomic mass is 9.92. The van der Waals surface area contributed by atoms with E-state index in [0.717, 1.165) is 30.5 Å². The van der Waals surface area contributed by atoms with Gasteiger partial charge in [0.05, 0.1) is 0 Å². The van der Waals surface area contributed by atoms with E-state index < -0.39 is 0 Å². The fourth-order valence-electron chi connectivity index (χ4n) is 2.54. The topological polar surface area (TPSA) is 12.0 Å². The summed E-state index contributed by atoms with van der Waals surface area (Å²) in [6.45, 7) is 2.82. The van der Waals surface area contributed by atoms with E-state index in [-0.39, 0.29) is 5.82 Å². The standard InChI is InChI=1S/C16H16FN/c1-11-7-8-12(10-15(11)17)13-4-2-6-16-14(13)5-3-9-18-16/h2,4,6-8,10,18H,3,5,9H2,1H3. The minimum absolute atomic E-state index is 0.131. The molecule has 0 fully saturated rings. The lowest BCUT2D eigenvalue weighted by molar-refractivity contribution is 0.619. The van der Waals surface area contributed by atoms with Gasteiger partial charge in [0.2, 0.25) is 0 Å². The molecule has 0 radical (unpaired) electrons. The Bertz CT molecular complexity index is 590. The molecule has 0 saturated carbocycles. The Morgan fingerprint density at radius 3 is 2.89 bits per heavy atom. The van der Waals surface area contributed by atoms with Crippen LogP contribution < -0.4 is 5.32 Å². The quantitative estimate of drug-likeness (QED) is 0.790. The van der Waals surface area contributed by atoms with Crippen molar-refractivity contribution >= 4 is 5.69 Å². The van der Waals surface area contributed by atoms with E-state index in [1.54, 1.807) is 13.0 Å².